The summed E-state index contributed by atoms with van der Waals surface area (Å²) in [6.07, 6.45) is 0. The molecule has 0 aliphatic rings. The molecule has 29 heavy (non-hydrogen) atoms. The third-order valence-corrected chi connectivity index (χ3v) is 4.83. The minimum Gasteiger partial charge on any atom is -0.497 e. The summed E-state index contributed by atoms with van der Waals surface area (Å²) < 4.78 is 14.9. The van der Waals surface area contributed by atoms with E-state index in [0.29, 0.717) is 18.1 Å². The van der Waals surface area contributed by atoms with Gasteiger partial charge in [0.25, 0.3) is 5.91 Å². The van der Waals surface area contributed by atoms with E-state index in [1.165, 1.54) is 0 Å². The maximum atomic E-state index is 12.0. The van der Waals surface area contributed by atoms with E-state index in [1.807, 2.05) is 12.1 Å². The quantitative estimate of drug-likeness (QED) is 0.558. The Bertz CT molecular complexity index is 837. The van der Waals surface area contributed by atoms with Crippen LogP contribution in [0.4, 0.5) is 5.82 Å². The average Bonchev–Trinajstić information content (AvgIpc) is 3.13. The molecule has 2 amide bonds. The van der Waals surface area contributed by atoms with Crippen molar-refractivity contribution in [2.24, 2.45) is 0 Å². The lowest BCUT2D eigenvalue weighted by atomic mass is 10.2. The maximum absolute atomic E-state index is 12.0. The molecular weight excluding hydrogens is 398 g/mol. The number of nitrogens with zero attached hydrogens (tertiary/aromatic N) is 1. The number of aryl methyl sites for hydroxylation is 1. The van der Waals surface area contributed by atoms with E-state index >= 15 is 0 Å². The number of thioether (sulfide) groups is 1. The molecule has 0 saturated carbocycles. The highest BCUT2D eigenvalue weighted by Gasteiger charge is 2.17. The van der Waals surface area contributed by atoms with Crippen LogP contribution >= 0.6 is 11.8 Å². The van der Waals surface area contributed by atoms with Gasteiger partial charge in [0.2, 0.25) is 5.91 Å². The Morgan fingerprint density at radius 3 is 2.59 bits per heavy atom. The van der Waals surface area contributed by atoms with Gasteiger partial charge in [-0.1, -0.05) is 17.3 Å². The second kappa shape index (κ2) is 11.1. The summed E-state index contributed by atoms with van der Waals surface area (Å²) in [6, 6.07) is 8.83. The SMILES string of the molecule is COc1ccc(CNC(=O)COC(=O)CS[C@@H](C)C(=O)Nc2cc(C)on2)cc1. The summed E-state index contributed by atoms with van der Waals surface area (Å²) in [7, 11) is 1.58. The molecule has 1 aromatic heterocycles. The maximum Gasteiger partial charge on any atom is 0.316 e. The van der Waals surface area contributed by atoms with Gasteiger partial charge in [0.1, 0.15) is 11.5 Å². The van der Waals surface area contributed by atoms with Gasteiger partial charge in [-0.05, 0) is 31.5 Å². The molecule has 2 aromatic rings. The first-order valence-corrected chi connectivity index (χ1v) is 9.83. The van der Waals surface area contributed by atoms with Crippen molar-refractivity contribution in [3.8, 4) is 5.75 Å². The standard InChI is InChI=1S/C19H23N3O6S/c1-12-8-16(22-28-12)21-19(25)13(2)29-11-18(24)27-10-17(23)20-9-14-4-6-15(26-3)7-5-14/h4-8,13H,9-11H2,1-3H3,(H,20,23)(H,21,22,25)/t13-/m0/s1. The number of carbonyl (C=O) groups excluding carboxylic acids is 3. The highest BCUT2D eigenvalue weighted by Crippen LogP contribution is 2.14. The van der Waals surface area contributed by atoms with Crippen molar-refractivity contribution in [2.75, 3.05) is 24.8 Å². The molecule has 1 atom stereocenters. The fourth-order valence-corrected chi connectivity index (χ4v) is 2.78. The van der Waals surface area contributed by atoms with Crippen LogP contribution in [0, 0.1) is 6.92 Å². The van der Waals surface area contributed by atoms with Crippen LogP contribution in [0.5, 0.6) is 5.75 Å². The van der Waals surface area contributed by atoms with Gasteiger partial charge in [-0.25, -0.2) is 0 Å². The number of anilines is 1. The summed E-state index contributed by atoms with van der Waals surface area (Å²) in [5, 5.41) is 8.41. The van der Waals surface area contributed by atoms with E-state index in [0.717, 1.165) is 23.1 Å². The van der Waals surface area contributed by atoms with Crippen molar-refractivity contribution in [1.82, 2.24) is 10.5 Å². The zero-order valence-electron chi connectivity index (χ0n) is 16.4. The van der Waals surface area contributed by atoms with Gasteiger partial charge >= 0.3 is 5.97 Å². The summed E-state index contributed by atoms with van der Waals surface area (Å²) in [4.78, 5) is 35.6. The van der Waals surface area contributed by atoms with Gasteiger partial charge < -0.3 is 24.6 Å². The molecule has 1 heterocycles. The van der Waals surface area contributed by atoms with Crippen molar-refractivity contribution < 1.29 is 28.4 Å². The number of carbonyl (C=O) groups is 3. The van der Waals surface area contributed by atoms with Crippen molar-refractivity contribution in [3.05, 3.63) is 41.7 Å². The smallest absolute Gasteiger partial charge is 0.316 e. The summed E-state index contributed by atoms with van der Waals surface area (Å²) in [5.74, 6) is 0.264. The lowest BCUT2D eigenvalue weighted by Crippen LogP contribution is -2.29. The van der Waals surface area contributed by atoms with Crippen LogP contribution in [0.3, 0.4) is 0 Å². The molecule has 0 radical (unpaired) electrons. The number of amides is 2. The molecule has 0 saturated heterocycles. The van der Waals surface area contributed by atoms with Crippen LogP contribution in [-0.4, -0.2) is 47.7 Å². The zero-order valence-corrected chi connectivity index (χ0v) is 17.2. The molecule has 0 fully saturated rings. The van der Waals surface area contributed by atoms with E-state index in [9.17, 15) is 14.4 Å². The van der Waals surface area contributed by atoms with E-state index in [1.54, 1.807) is 39.2 Å². The number of methoxy groups -OCH3 is 1. The number of nitrogens with one attached hydrogen (secondary N) is 2. The largest absolute Gasteiger partial charge is 0.497 e. The fraction of sp³-hybridized carbons (Fsp3) is 0.368. The van der Waals surface area contributed by atoms with Crippen molar-refractivity contribution in [1.29, 1.82) is 0 Å². The average molecular weight is 421 g/mol. The highest BCUT2D eigenvalue weighted by molar-refractivity contribution is 8.01. The number of aromatic nitrogens is 1. The Kier molecular flexibility index (Phi) is 8.53. The molecule has 10 heteroatoms. The van der Waals surface area contributed by atoms with Gasteiger partial charge in [0.15, 0.2) is 12.4 Å². The van der Waals surface area contributed by atoms with Crippen LogP contribution in [0.2, 0.25) is 0 Å². The number of hydrogen-bond donors (Lipinski definition) is 2. The Morgan fingerprint density at radius 1 is 1.24 bits per heavy atom. The van der Waals surface area contributed by atoms with Crippen molar-refractivity contribution >= 4 is 35.4 Å². The fourth-order valence-electron chi connectivity index (χ4n) is 2.10. The van der Waals surface area contributed by atoms with Gasteiger partial charge in [-0.15, -0.1) is 11.8 Å². The molecule has 0 unspecified atom stereocenters. The minimum atomic E-state index is -0.577. The summed E-state index contributed by atoms with van der Waals surface area (Å²) in [5.41, 5.74) is 0.892. The Morgan fingerprint density at radius 2 is 1.97 bits per heavy atom. The number of benzene rings is 1. The molecule has 2 rings (SSSR count). The lowest BCUT2D eigenvalue weighted by Gasteiger charge is -2.10. The molecule has 9 nitrogen and oxygen atoms in total. The molecule has 156 valence electrons. The van der Waals surface area contributed by atoms with E-state index in [-0.39, 0.29) is 18.3 Å². The van der Waals surface area contributed by atoms with Crippen LogP contribution in [0.25, 0.3) is 0 Å². The van der Waals surface area contributed by atoms with Gasteiger partial charge in [0, 0.05) is 12.6 Å². The molecule has 0 aliphatic carbocycles. The topological polar surface area (TPSA) is 120 Å². The van der Waals surface area contributed by atoms with Crippen molar-refractivity contribution in [2.45, 2.75) is 25.6 Å². The highest BCUT2D eigenvalue weighted by atomic mass is 32.2. The number of esters is 1. The van der Waals surface area contributed by atoms with Gasteiger partial charge in [-0.3, -0.25) is 14.4 Å². The van der Waals surface area contributed by atoms with Crippen LogP contribution in [0.15, 0.2) is 34.9 Å². The third kappa shape index (κ3) is 7.86. The lowest BCUT2D eigenvalue weighted by molar-refractivity contribution is -0.145. The Balaban J connectivity index is 1.62. The first-order chi connectivity index (χ1) is 13.9. The number of ether oxygens (including phenoxy) is 2. The number of hydrogen-bond acceptors (Lipinski definition) is 8. The molecule has 0 bridgehead atoms. The first-order valence-electron chi connectivity index (χ1n) is 8.78. The summed E-state index contributed by atoms with van der Waals surface area (Å²) in [6.45, 7) is 3.30. The van der Waals surface area contributed by atoms with Gasteiger partial charge in [0.05, 0.1) is 18.1 Å². The Hall–Kier alpha value is -3.01. The van der Waals surface area contributed by atoms with Crippen LogP contribution in [-0.2, 0) is 25.7 Å². The first kappa shape index (κ1) is 22.3. The molecular formula is C19H23N3O6S. The molecule has 1 aromatic carbocycles. The molecule has 0 spiro atoms. The normalized spacial score (nSPS) is 11.4. The van der Waals surface area contributed by atoms with Crippen LogP contribution in [0.1, 0.15) is 18.2 Å². The van der Waals surface area contributed by atoms with E-state index in [4.69, 9.17) is 14.0 Å². The van der Waals surface area contributed by atoms with Crippen LogP contribution < -0.4 is 15.4 Å². The second-order valence-electron chi connectivity index (χ2n) is 6.05. The Labute approximate surface area is 172 Å². The second-order valence-corrected chi connectivity index (χ2v) is 7.38. The predicted octanol–water partition coefficient (Wildman–Crippen LogP) is 1.91. The predicted molar refractivity (Wildman–Crippen MR) is 108 cm³/mol. The van der Waals surface area contributed by atoms with Gasteiger partial charge in [-0.2, -0.15) is 0 Å². The zero-order chi connectivity index (χ0) is 21.2. The molecule has 2 N–H and O–H groups in total. The van der Waals surface area contributed by atoms with E-state index in [2.05, 4.69) is 15.8 Å². The molecule has 0 aliphatic heterocycles. The minimum absolute atomic E-state index is 0.0574. The third-order valence-electron chi connectivity index (χ3n) is 3.71. The number of rotatable bonds is 10. The monoisotopic (exact) mass is 421 g/mol. The van der Waals surface area contributed by atoms with E-state index < -0.39 is 17.1 Å². The van der Waals surface area contributed by atoms with Crippen molar-refractivity contribution in [3.63, 3.8) is 0 Å². The summed E-state index contributed by atoms with van der Waals surface area (Å²) >= 11 is 1.10.